The molecular weight excluding hydrogens is 464 g/mol. The van der Waals surface area contributed by atoms with Crippen molar-refractivity contribution in [3.63, 3.8) is 0 Å². The molecular formula is C21H27ClCrN2O6. The number of nitrogens with zero attached hydrogens (tertiary/aromatic N) is 1. The minimum absolute atomic E-state index is 0.234. The molecule has 2 heterocycles. The van der Waals surface area contributed by atoms with Crippen molar-refractivity contribution in [2.75, 3.05) is 13.1 Å². The van der Waals surface area contributed by atoms with E-state index in [9.17, 15) is 9.59 Å². The van der Waals surface area contributed by atoms with Crippen LogP contribution in [0.4, 0.5) is 4.79 Å². The zero-order chi connectivity index (χ0) is 23.0. The van der Waals surface area contributed by atoms with Crippen LogP contribution in [-0.4, -0.2) is 30.4 Å². The topological polar surface area (TPSA) is 118 Å². The Morgan fingerprint density at radius 1 is 1.13 bits per heavy atom. The molecule has 10 heteroatoms. The first kappa shape index (κ1) is 26.7. The summed E-state index contributed by atoms with van der Waals surface area (Å²) in [4.78, 5) is 27.0. The molecule has 0 saturated carbocycles. The molecule has 0 aliphatic carbocycles. The molecule has 1 aliphatic heterocycles. The van der Waals surface area contributed by atoms with Gasteiger partial charge in [-0.3, -0.25) is 0 Å². The number of hydrogen-bond acceptors (Lipinski definition) is 6. The van der Waals surface area contributed by atoms with E-state index in [1.54, 1.807) is 4.90 Å². The van der Waals surface area contributed by atoms with Gasteiger partial charge in [-0.2, -0.15) is 0 Å². The maximum atomic E-state index is 11.9. The molecule has 1 aliphatic rings. The van der Waals surface area contributed by atoms with Gasteiger partial charge in [0.1, 0.15) is 12.9 Å². The van der Waals surface area contributed by atoms with E-state index >= 15 is 0 Å². The van der Waals surface area contributed by atoms with Gasteiger partial charge in [-0.1, -0.05) is 36.4 Å². The molecule has 0 bridgehead atoms. The number of halogens is 1. The Morgan fingerprint density at radius 3 is 2.13 bits per heavy atom. The first-order chi connectivity index (χ1) is 14.8. The number of carbonyl (C=O) groups excluding carboxylic acids is 2. The molecule has 1 aromatic heterocycles. The Morgan fingerprint density at radius 2 is 1.68 bits per heavy atom. The summed E-state index contributed by atoms with van der Waals surface area (Å²) in [5.74, 6) is 0.568. The molecule has 0 radical (unpaired) electrons. The molecule has 8 nitrogen and oxygen atoms in total. The van der Waals surface area contributed by atoms with E-state index in [0.717, 1.165) is 44.2 Å². The summed E-state index contributed by atoms with van der Waals surface area (Å²) in [6, 6.07) is 15.5. The van der Waals surface area contributed by atoms with Gasteiger partial charge in [-0.05, 0) is 30.7 Å². The Labute approximate surface area is 188 Å². The number of ether oxygens (including phenoxy) is 1. The number of likely N-dealkylation sites (tertiary alicyclic amines) is 1. The number of nitrogens with one attached hydrogen (secondary N) is 1. The standard InChI is InChI=1S/C16H21NO3.C5H5N.ClH.Cr.3O/c18-12-4-7-14-8-10-17(11-9-14)16(19)20-13-15-5-2-1-3-6-15;1-2-4-6-5-3-1;;;;;/h1-3,5-6,12,14H,4,7-11,13H2;1-5H;1H;;;;/q;;;+1;;;-1. The van der Waals surface area contributed by atoms with E-state index < -0.39 is 12.4 Å². The van der Waals surface area contributed by atoms with Gasteiger partial charge >= 0.3 is 40.3 Å². The average molecular weight is 491 g/mol. The molecule has 0 spiro atoms. The predicted octanol–water partition coefficient (Wildman–Crippen LogP) is 2.78. The van der Waals surface area contributed by atoms with Crippen molar-refractivity contribution in [1.82, 2.24) is 4.90 Å². The largest absolute Gasteiger partial charge is 0.218 e. The number of hydrogen-bond donors (Lipinski definition) is 0. The van der Waals surface area contributed by atoms with E-state index in [-0.39, 0.29) is 6.09 Å². The monoisotopic (exact) mass is 490 g/mol. The van der Waals surface area contributed by atoms with Crippen LogP contribution >= 0.6 is 10.0 Å². The van der Waals surface area contributed by atoms with Gasteiger partial charge < -0.3 is 14.4 Å². The molecule has 2 aromatic rings. The van der Waals surface area contributed by atoms with Crippen LogP contribution in [0.5, 0.6) is 0 Å². The van der Waals surface area contributed by atoms with E-state index in [1.165, 1.54) is 0 Å². The van der Waals surface area contributed by atoms with Crippen LogP contribution in [0.25, 0.3) is 0 Å². The van der Waals surface area contributed by atoms with Crippen LogP contribution in [0.2, 0.25) is 0 Å². The Hall–Kier alpha value is -2.31. The Bertz CT molecular complexity index is 810. The summed E-state index contributed by atoms with van der Waals surface area (Å²) in [5, 5.41) is 0. The maximum absolute atomic E-state index is 11.9. The van der Waals surface area contributed by atoms with Gasteiger partial charge in [0.05, 0.1) is 0 Å². The molecule has 1 amide bonds. The number of aromatic nitrogens is 1. The SMILES string of the molecule is O=CCCC1CCN(C(=O)OCc2ccccc2)CC1.[O]=[Cr](=[O])([O-])[Cl].c1cc[nH+]cc1. The summed E-state index contributed by atoms with van der Waals surface area (Å²) in [7, 11) is 4.02. The van der Waals surface area contributed by atoms with E-state index in [4.69, 9.17) is 16.5 Å². The first-order valence-corrected chi connectivity index (χ1v) is 13.1. The van der Waals surface area contributed by atoms with Crippen molar-refractivity contribution in [1.29, 1.82) is 0 Å². The van der Waals surface area contributed by atoms with Gasteiger partial charge in [0, 0.05) is 31.6 Å². The van der Waals surface area contributed by atoms with E-state index in [0.29, 0.717) is 18.9 Å². The third kappa shape index (κ3) is 15.2. The molecule has 1 N–H and O–H groups in total. The van der Waals surface area contributed by atoms with Crippen LogP contribution in [0.3, 0.4) is 0 Å². The second kappa shape index (κ2) is 15.5. The minimum Gasteiger partial charge on any atom is -0.218 e. The van der Waals surface area contributed by atoms with Crippen LogP contribution in [0.15, 0.2) is 60.9 Å². The third-order valence-corrected chi connectivity index (χ3v) is 4.38. The fourth-order valence-electron chi connectivity index (χ4n) is 2.86. The smallest absolute Gasteiger partial charge is 0.166 e. The predicted molar refractivity (Wildman–Crippen MR) is 106 cm³/mol. The molecule has 0 atom stereocenters. The summed E-state index contributed by atoms with van der Waals surface area (Å²) in [6.07, 6.45) is 7.99. The second-order valence-corrected chi connectivity index (χ2v) is 9.47. The number of aromatic amines is 1. The van der Waals surface area contributed by atoms with Crippen molar-refractivity contribution in [2.24, 2.45) is 5.92 Å². The molecule has 31 heavy (non-hydrogen) atoms. The number of H-pyrrole nitrogens is 1. The fourth-order valence-corrected chi connectivity index (χ4v) is 2.86. The van der Waals surface area contributed by atoms with Crippen LogP contribution in [0.1, 0.15) is 31.2 Å². The van der Waals surface area contributed by atoms with Gasteiger partial charge in [0.2, 0.25) is 0 Å². The minimum atomic E-state index is -5.03. The van der Waals surface area contributed by atoms with Gasteiger partial charge in [-0.15, -0.1) is 0 Å². The number of rotatable bonds is 5. The molecule has 1 saturated heterocycles. The molecule has 3 rings (SSSR count). The number of aldehydes is 1. The summed E-state index contributed by atoms with van der Waals surface area (Å²) in [5.41, 5.74) is 1.00. The molecule has 1 aromatic carbocycles. The van der Waals surface area contributed by atoms with Crippen molar-refractivity contribution in [3.05, 3.63) is 66.5 Å². The first-order valence-electron chi connectivity index (χ1n) is 9.75. The van der Waals surface area contributed by atoms with Crippen molar-refractivity contribution in [2.45, 2.75) is 32.3 Å². The number of piperidine rings is 1. The van der Waals surface area contributed by atoms with Crippen LogP contribution in [-0.2, 0) is 36.1 Å². The normalized spacial score (nSPS) is 13.7. The quantitative estimate of drug-likeness (QED) is 0.595. The summed E-state index contributed by atoms with van der Waals surface area (Å²) in [6.45, 7) is 1.79. The number of benzene rings is 1. The van der Waals surface area contributed by atoms with E-state index in [1.807, 2.05) is 60.9 Å². The van der Waals surface area contributed by atoms with Crippen LogP contribution < -0.4 is 9.14 Å². The third-order valence-electron chi connectivity index (χ3n) is 4.38. The second-order valence-electron chi connectivity index (χ2n) is 6.69. The zero-order valence-corrected chi connectivity index (χ0v) is 19.1. The number of amides is 1. The Balaban J connectivity index is 0.000000357. The van der Waals surface area contributed by atoms with Crippen LogP contribution in [0, 0.1) is 5.92 Å². The van der Waals surface area contributed by atoms with Crippen molar-refractivity contribution in [3.8, 4) is 0 Å². The zero-order valence-electron chi connectivity index (χ0n) is 17.1. The van der Waals surface area contributed by atoms with Gasteiger partial charge in [0.25, 0.3) is 0 Å². The van der Waals surface area contributed by atoms with Gasteiger partial charge in [-0.25, -0.2) is 9.78 Å². The number of pyridine rings is 1. The molecule has 1 fully saturated rings. The maximum Gasteiger partial charge on any atom is 0.166 e. The fraction of sp³-hybridized carbons (Fsp3) is 0.381. The van der Waals surface area contributed by atoms with Crippen molar-refractivity contribution >= 4 is 22.4 Å². The van der Waals surface area contributed by atoms with Gasteiger partial charge in [0.15, 0.2) is 12.4 Å². The average Bonchev–Trinajstić information content (AvgIpc) is 2.77. The summed E-state index contributed by atoms with van der Waals surface area (Å²) >= 11 is -5.03. The molecule has 170 valence electrons. The Kier molecular flexibility index (Phi) is 13.4. The van der Waals surface area contributed by atoms with E-state index in [2.05, 4.69) is 15.0 Å². The number of carbonyl (C=O) groups is 2. The van der Waals surface area contributed by atoms with Crippen molar-refractivity contribution < 1.29 is 43.4 Å². The molecule has 0 unspecified atom stereocenters. The summed E-state index contributed by atoms with van der Waals surface area (Å²) < 4.78 is 32.1.